The van der Waals surface area contributed by atoms with Crippen LogP contribution in [0.15, 0.2) is 10.6 Å². The fraction of sp³-hybridized carbons (Fsp3) is 0.800. The third kappa shape index (κ3) is 4.54. The Hall–Kier alpha value is -1.16. The molecule has 3 aliphatic heterocycles. The third-order valence-corrected chi connectivity index (χ3v) is 9.10. The second kappa shape index (κ2) is 8.76. The maximum atomic E-state index is 13.1. The van der Waals surface area contributed by atoms with Crippen LogP contribution in [0.4, 0.5) is 0 Å². The van der Waals surface area contributed by atoms with Gasteiger partial charge in [-0.25, -0.2) is 8.42 Å². The van der Waals surface area contributed by atoms with E-state index in [-0.39, 0.29) is 48.1 Å². The number of aromatic nitrogens is 1. The average Bonchev–Trinajstić information content (AvgIpc) is 3.34. The molecule has 0 unspecified atom stereocenters. The Morgan fingerprint density at radius 2 is 1.80 bits per heavy atom. The highest BCUT2D eigenvalue weighted by Crippen LogP contribution is 2.41. The molecule has 1 aromatic rings. The summed E-state index contributed by atoms with van der Waals surface area (Å²) in [6.07, 6.45) is 7.20. The fourth-order valence-corrected chi connectivity index (χ4v) is 7.75. The fourth-order valence-electron chi connectivity index (χ4n) is 5.35. The van der Waals surface area contributed by atoms with Gasteiger partial charge in [0.1, 0.15) is 5.76 Å². The molecule has 1 amide bonds. The first kappa shape index (κ1) is 22.0. The average molecular weight is 459 g/mol. The molecule has 4 aliphatic rings. The summed E-state index contributed by atoms with van der Waals surface area (Å²) in [6, 6.07) is 1.75. The van der Waals surface area contributed by atoms with Gasteiger partial charge < -0.3 is 15.2 Å². The molecule has 0 spiro atoms. The van der Waals surface area contributed by atoms with Gasteiger partial charge in [0.25, 0.3) is 5.91 Å². The largest absolute Gasteiger partial charge is 0.360 e. The smallest absolute Gasteiger partial charge is 0.273 e. The Labute approximate surface area is 184 Å². The van der Waals surface area contributed by atoms with Gasteiger partial charge in [0.15, 0.2) is 5.69 Å². The SMILES string of the molecule is Cl.O=C(N[C@H]1C[C@H]2CC[C@@H](C1)N2S(=O)(=O)CC1CCNCC1)c1cc(C2CC2)on1. The molecular formula is C20H31ClN4O4S. The van der Waals surface area contributed by atoms with E-state index in [9.17, 15) is 13.2 Å². The number of halogens is 1. The minimum atomic E-state index is -3.26. The van der Waals surface area contributed by atoms with Crippen LogP contribution in [0.2, 0.25) is 0 Å². The highest BCUT2D eigenvalue weighted by atomic mass is 35.5. The summed E-state index contributed by atoms with van der Waals surface area (Å²) in [5.41, 5.74) is 0.334. The minimum Gasteiger partial charge on any atom is -0.360 e. The molecule has 2 N–H and O–H groups in total. The van der Waals surface area contributed by atoms with E-state index in [1.807, 2.05) is 0 Å². The summed E-state index contributed by atoms with van der Waals surface area (Å²) in [5, 5.41) is 10.3. The Balaban J connectivity index is 0.00000218. The first-order chi connectivity index (χ1) is 14.0. The standard InChI is InChI=1S/C20H30N4O4S.ClH/c25-20(18-11-19(28-23-18)14-1-2-14)22-15-9-16-3-4-17(10-15)24(16)29(26,27)12-13-5-7-21-8-6-13;/h11,13-17,21H,1-10,12H2,(H,22,25);1H/t15-,16+,17-;. The Morgan fingerprint density at radius 3 is 2.43 bits per heavy atom. The molecule has 1 aromatic heterocycles. The molecule has 3 atom stereocenters. The summed E-state index contributed by atoms with van der Waals surface area (Å²) in [6.45, 7) is 1.82. The molecule has 1 aliphatic carbocycles. The third-order valence-electron chi connectivity index (χ3n) is 6.97. The Morgan fingerprint density at radius 1 is 1.13 bits per heavy atom. The van der Waals surface area contributed by atoms with Gasteiger partial charge in [-0.1, -0.05) is 5.16 Å². The van der Waals surface area contributed by atoms with Gasteiger partial charge in [0.2, 0.25) is 10.0 Å². The van der Waals surface area contributed by atoms with Crippen LogP contribution in [0.25, 0.3) is 0 Å². The molecule has 30 heavy (non-hydrogen) atoms. The number of nitrogens with zero attached hydrogens (tertiary/aromatic N) is 2. The topological polar surface area (TPSA) is 105 Å². The van der Waals surface area contributed by atoms with Crippen molar-refractivity contribution in [1.29, 1.82) is 0 Å². The number of sulfonamides is 1. The van der Waals surface area contributed by atoms with Crippen LogP contribution in [0.1, 0.15) is 73.5 Å². The highest BCUT2D eigenvalue weighted by Gasteiger charge is 2.47. The van der Waals surface area contributed by atoms with Crippen molar-refractivity contribution >= 4 is 28.3 Å². The molecule has 3 saturated heterocycles. The van der Waals surface area contributed by atoms with Gasteiger partial charge in [0.05, 0.1) is 5.75 Å². The van der Waals surface area contributed by atoms with Crippen LogP contribution in [-0.2, 0) is 10.0 Å². The van der Waals surface area contributed by atoms with E-state index in [1.54, 1.807) is 10.4 Å². The zero-order valence-corrected chi connectivity index (χ0v) is 18.7. The lowest BCUT2D eigenvalue weighted by atomic mass is 9.99. The first-order valence-electron chi connectivity index (χ1n) is 11.0. The van der Waals surface area contributed by atoms with E-state index in [0.29, 0.717) is 24.5 Å². The van der Waals surface area contributed by atoms with Crippen molar-refractivity contribution in [3.63, 3.8) is 0 Å². The van der Waals surface area contributed by atoms with Crippen LogP contribution < -0.4 is 10.6 Å². The van der Waals surface area contributed by atoms with Crippen LogP contribution in [0.3, 0.4) is 0 Å². The quantitative estimate of drug-likeness (QED) is 0.675. The van der Waals surface area contributed by atoms with Gasteiger partial charge >= 0.3 is 0 Å². The number of fused-ring (bicyclic) bond motifs is 2. The van der Waals surface area contributed by atoms with Gasteiger partial charge in [0, 0.05) is 30.1 Å². The van der Waals surface area contributed by atoms with Crippen molar-refractivity contribution in [2.24, 2.45) is 5.92 Å². The summed E-state index contributed by atoms with van der Waals surface area (Å²) in [7, 11) is -3.26. The molecule has 4 fully saturated rings. The molecule has 0 radical (unpaired) electrons. The minimum absolute atomic E-state index is 0. The van der Waals surface area contributed by atoms with E-state index in [1.165, 1.54) is 0 Å². The number of carbonyl (C=O) groups is 1. The number of rotatable bonds is 6. The lowest BCUT2D eigenvalue weighted by molar-refractivity contribution is 0.0900. The number of carbonyl (C=O) groups excluding carboxylic acids is 1. The van der Waals surface area contributed by atoms with E-state index in [2.05, 4.69) is 15.8 Å². The molecule has 5 rings (SSSR count). The summed E-state index contributed by atoms with van der Waals surface area (Å²) in [5.74, 6) is 1.53. The van der Waals surface area contributed by atoms with Crippen LogP contribution in [0, 0.1) is 5.92 Å². The lowest BCUT2D eigenvalue weighted by Crippen LogP contribution is -2.53. The zero-order valence-electron chi connectivity index (χ0n) is 17.1. The van der Waals surface area contributed by atoms with E-state index < -0.39 is 10.0 Å². The molecule has 10 heteroatoms. The van der Waals surface area contributed by atoms with Gasteiger partial charge in [-0.15, -0.1) is 12.4 Å². The van der Waals surface area contributed by atoms with Crippen molar-refractivity contribution in [2.75, 3.05) is 18.8 Å². The van der Waals surface area contributed by atoms with Crippen molar-refractivity contribution in [1.82, 2.24) is 20.1 Å². The number of nitrogens with one attached hydrogen (secondary N) is 2. The van der Waals surface area contributed by atoms with Crippen molar-refractivity contribution in [3.8, 4) is 0 Å². The second-order valence-corrected chi connectivity index (χ2v) is 11.1. The summed E-state index contributed by atoms with van der Waals surface area (Å²) >= 11 is 0. The second-order valence-electron chi connectivity index (χ2n) is 9.22. The highest BCUT2D eigenvalue weighted by molar-refractivity contribution is 7.89. The monoisotopic (exact) mass is 458 g/mol. The molecule has 0 aromatic carbocycles. The molecule has 168 valence electrons. The summed E-state index contributed by atoms with van der Waals surface area (Å²) < 4.78 is 33.3. The van der Waals surface area contributed by atoms with Crippen LogP contribution >= 0.6 is 12.4 Å². The van der Waals surface area contributed by atoms with Crippen molar-refractivity contribution < 1.29 is 17.7 Å². The van der Waals surface area contributed by atoms with E-state index in [0.717, 1.165) is 57.4 Å². The summed E-state index contributed by atoms with van der Waals surface area (Å²) in [4.78, 5) is 12.6. The maximum Gasteiger partial charge on any atom is 0.273 e. The van der Waals surface area contributed by atoms with Gasteiger partial charge in [-0.3, -0.25) is 4.79 Å². The lowest BCUT2D eigenvalue weighted by Gasteiger charge is -2.39. The Bertz CT molecular complexity index is 852. The predicted octanol–water partition coefficient (Wildman–Crippen LogP) is 2.03. The van der Waals surface area contributed by atoms with Crippen LogP contribution in [0.5, 0.6) is 0 Å². The van der Waals surface area contributed by atoms with Gasteiger partial charge in [-0.05, 0) is 70.4 Å². The van der Waals surface area contributed by atoms with Gasteiger partial charge in [-0.2, -0.15) is 4.31 Å². The Kier molecular flexibility index (Phi) is 6.44. The number of hydrogen-bond donors (Lipinski definition) is 2. The normalized spacial score (nSPS) is 30.1. The molecular weight excluding hydrogens is 428 g/mol. The van der Waals surface area contributed by atoms with E-state index >= 15 is 0 Å². The van der Waals surface area contributed by atoms with Crippen LogP contribution in [-0.4, -0.2) is 60.8 Å². The number of piperidine rings is 2. The molecule has 2 bridgehead atoms. The number of amides is 1. The first-order valence-corrected chi connectivity index (χ1v) is 12.6. The molecule has 8 nitrogen and oxygen atoms in total. The predicted molar refractivity (Wildman–Crippen MR) is 114 cm³/mol. The van der Waals surface area contributed by atoms with E-state index in [4.69, 9.17) is 4.52 Å². The number of hydrogen-bond acceptors (Lipinski definition) is 6. The molecule has 1 saturated carbocycles. The maximum absolute atomic E-state index is 13.1. The zero-order chi connectivity index (χ0) is 20.0. The van der Waals surface area contributed by atoms with Crippen molar-refractivity contribution in [3.05, 3.63) is 17.5 Å². The van der Waals surface area contributed by atoms with Crippen molar-refractivity contribution in [2.45, 2.75) is 75.4 Å². The molecule has 4 heterocycles.